The van der Waals surface area contributed by atoms with Crippen LogP contribution in [0.1, 0.15) is 39.5 Å². The maximum absolute atomic E-state index is 12.8. The molecule has 29 heavy (non-hydrogen) atoms. The highest BCUT2D eigenvalue weighted by molar-refractivity contribution is 5.84. The number of para-hydroxylation sites is 2. The number of nitrogens with zero attached hydrogens (tertiary/aromatic N) is 2. The van der Waals surface area contributed by atoms with Crippen molar-refractivity contribution in [1.29, 1.82) is 0 Å². The summed E-state index contributed by atoms with van der Waals surface area (Å²) in [5.74, 6) is 2.32. The lowest BCUT2D eigenvalue weighted by atomic mass is 9.85. The highest BCUT2D eigenvalue weighted by Gasteiger charge is 2.42. The number of carbonyl (C=O) groups excluding carboxylic acids is 1. The summed E-state index contributed by atoms with van der Waals surface area (Å²) in [5.41, 5.74) is -0.370. The van der Waals surface area contributed by atoms with Gasteiger partial charge < -0.3 is 25.0 Å². The number of guanidine groups is 1. The van der Waals surface area contributed by atoms with Crippen molar-refractivity contribution >= 4 is 11.9 Å². The zero-order valence-corrected chi connectivity index (χ0v) is 18.5. The number of methoxy groups -OCH3 is 1. The third-order valence-electron chi connectivity index (χ3n) is 5.26. The molecule has 0 saturated heterocycles. The lowest BCUT2D eigenvalue weighted by Crippen LogP contribution is -2.44. The summed E-state index contributed by atoms with van der Waals surface area (Å²) in [5, 5.41) is 6.60. The monoisotopic (exact) mass is 404 g/mol. The smallest absolute Gasteiger partial charge is 0.230 e. The second-order valence-electron chi connectivity index (χ2n) is 7.84. The number of nitrogens with one attached hydrogen (secondary N) is 2. The summed E-state index contributed by atoms with van der Waals surface area (Å²) in [6, 6.07) is 7.61. The van der Waals surface area contributed by atoms with Crippen LogP contribution in [0.3, 0.4) is 0 Å². The lowest BCUT2D eigenvalue weighted by molar-refractivity contribution is -0.138. The Morgan fingerprint density at radius 1 is 1.21 bits per heavy atom. The van der Waals surface area contributed by atoms with E-state index in [0.717, 1.165) is 32.2 Å². The summed E-state index contributed by atoms with van der Waals surface area (Å²) in [6.07, 6.45) is 3.89. The van der Waals surface area contributed by atoms with Gasteiger partial charge in [0.2, 0.25) is 5.91 Å². The number of amides is 1. The zero-order valence-electron chi connectivity index (χ0n) is 18.5. The van der Waals surface area contributed by atoms with Gasteiger partial charge in [-0.05, 0) is 38.8 Å². The van der Waals surface area contributed by atoms with E-state index in [4.69, 9.17) is 14.5 Å². The first-order chi connectivity index (χ1) is 13.9. The van der Waals surface area contributed by atoms with Gasteiger partial charge in [-0.2, -0.15) is 0 Å². The van der Waals surface area contributed by atoms with Gasteiger partial charge in [0.05, 0.1) is 25.6 Å². The van der Waals surface area contributed by atoms with Gasteiger partial charge in [0.1, 0.15) is 6.10 Å². The van der Waals surface area contributed by atoms with Gasteiger partial charge in [0, 0.05) is 20.6 Å². The summed E-state index contributed by atoms with van der Waals surface area (Å²) >= 11 is 0. The molecule has 1 atom stereocenters. The molecule has 0 aliphatic heterocycles. The van der Waals surface area contributed by atoms with E-state index in [1.54, 1.807) is 12.0 Å². The Morgan fingerprint density at radius 3 is 2.45 bits per heavy atom. The number of ether oxygens (including phenoxy) is 2. The van der Waals surface area contributed by atoms with Crippen molar-refractivity contribution in [2.24, 2.45) is 10.4 Å². The molecule has 1 fully saturated rings. The Kier molecular flexibility index (Phi) is 8.61. The molecule has 7 heteroatoms. The molecule has 2 rings (SSSR count). The van der Waals surface area contributed by atoms with E-state index in [0.29, 0.717) is 30.5 Å². The molecule has 1 aliphatic rings. The van der Waals surface area contributed by atoms with Crippen LogP contribution in [0.15, 0.2) is 29.3 Å². The third kappa shape index (κ3) is 6.27. The minimum atomic E-state index is -0.370. The summed E-state index contributed by atoms with van der Waals surface area (Å²) in [4.78, 5) is 19.2. The average Bonchev–Trinajstić information content (AvgIpc) is 3.20. The first kappa shape index (κ1) is 22.8. The quantitative estimate of drug-likeness (QED) is 0.489. The average molecular weight is 405 g/mol. The van der Waals surface area contributed by atoms with Crippen LogP contribution in [0, 0.1) is 5.41 Å². The number of hydrogen-bond acceptors (Lipinski definition) is 4. The number of rotatable bonds is 9. The largest absolute Gasteiger partial charge is 0.493 e. The maximum atomic E-state index is 12.8. The van der Waals surface area contributed by atoms with Crippen LogP contribution in [-0.4, -0.2) is 63.7 Å². The molecule has 1 aromatic carbocycles. The van der Waals surface area contributed by atoms with Crippen LogP contribution in [0.25, 0.3) is 0 Å². The Morgan fingerprint density at radius 2 is 1.86 bits per heavy atom. The minimum Gasteiger partial charge on any atom is -0.493 e. The van der Waals surface area contributed by atoms with E-state index in [2.05, 4.69) is 10.6 Å². The molecule has 2 N–H and O–H groups in total. The first-order valence-electron chi connectivity index (χ1n) is 10.5. The number of aliphatic imine (C=N–C) groups is 1. The van der Waals surface area contributed by atoms with Crippen LogP contribution in [0.2, 0.25) is 0 Å². The molecule has 1 amide bonds. The number of benzene rings is 1. The molecule has 1 unspecified atom stereocenters. The molecule has 0 spiro atoms. The van der Waals surface area contributed by atoms with E-state index in [1.165, 1.54) is 0 Å². The predicted molar refractivity (Wildman–Crippen MR) is 117 cm³/mol. The van der Waals surface area contributed by atoms with Crippen LogP contribution in [0.5, 0.6) is 11.5 Å². The molecule has 1 saturated carbocycles. The molecule has 162 valence electrons. The van der Waals surface area contributed by atoms with Crippen molar-refractivity contribution in [3.63, 3.8) is 0 Å². The van der Waals surface area contributed by atoms with Gasteiger partial charge >= 0.3 is 0 Å². The van der Waals surface area contributed by atoms with Crippen molar-refractivity contribution in [3.05, 3.63) is 24.3 Å². The summed E-state index contributed by atoms with van der Waals surface area (Å²) in [7, 11) is 5.29. The summed E-state index contributed by atoms with van der Waals surface area (Å²) < 4.78 is 11.3. The Bertz CT molecular complexity index is 684. The molecule has 0 aromatic heterocycles. The van der Waals surface area contributed by atoms with Gasteiger partial charge in [-0.3, -0.25) is 9.79 Å². The number of carbonyl (C=O) groups is 1. The van der Waals surface area contributed by atoms with Crippen LogP contribution in [-0.2, 0) is 4.79 Å². The Hall–Kier alpha value is -2.44. The first-order valence-corrected chi connectivity index (χ1v) is 10.5. The van der Waals surface area contributed by atoms with Gasteiger partial charge in [0.25, 0.3) is 0 Å². The fourth-order valence-electron chi connectivity index (χ4n) is 3.75. The number of hydrogen-bond donors (Lipinski definition) is 2. The van der Waals surface area contributed by atoms with E-state index in [1.807, 2.05) is 52.2 Å². The second-order valence-corrected chi connectivity index (χ2v) is 7.84. The van der Waals surface area contributed by atoms with Crippen molar-refractivity contribution in [2.75, 3.05) is 40.8 Å². The van der Waals surface area contributed by atoms with Gasteiger partial charge in [0.15, 0.2) is 17.5 Å². The Balaban J connectivity index is 1.98. The molecular weight excluding hydrogens is 368 g/mol. The summed E-state index contributed by atoms with van der Waals surface area (Å²) in [6.45, 7) is 5.86. The third-order valence-corrected chi connectivity index (χ3v) is 5.26. The molecule has 0 heterocycles. The zero-order chi connectivity index (χ0) is 21.3. The highest BCUT2D eigenvalue weighted by Crippen LogP contribution is 2.39. The van der Waals surface area contributed by atoms with Crippen molar-refractivity contribution < 1.29 is 14.3 Å². The fraction of sp³-hybridized carbons (Fsp3) is 0.636. The topological polar surface area (TPSA) is 75.2 Å². The van der Waals surface area contributed by atoms with E-state index in [9.17, 15) is 4.79 Å². The molecule has 0 bridgehead atoms. The van der Waals surface area contributed by atoms with Gasteiger partial charge in [-0.25, -0.2) is 0 Å². The van der Waals surface area contributed by atoms with E-state index < -0.39 is 0 Å². The second kappa shape index (κ2) is 10.9. The van der Waals surface area contributed by atoms with E-state index in [-0.39, 0.29) is 17.4 Å². The standard InChI is InChI=1S/C22H36N4O3/c1-6-23-21(25-16-22(13-9-10-14-22)20(27)26(3)4)24-15-17(2)29-19-12-8-7-11-18(19)28-5/h7-8,11-12,17H,6,9-10,13-16H2,1-5H3,(H2,23,24,25). The van der Waals surface area contributed by atoms with Crippen LogP contribution < -0.4 is 20.1 Å². The minimum absolute atomic E-state index is 0.0843. The normalized spacial score (nSPS) is 16.8. The van der Waals surface area contributed by atoms with Crippen molar-refractivity contribution in [1.82, 2.24) is 15.5 Å². The van der Waals surface area contributed by atoms with Gasteiger partial charge in [-0.1, -0.05) is 25.0 Å². The van der Waals surface area contributed by atoms with Crippen molar-refractivity contribution in [2.45, 2.75) is 45.6 Å². The Labute approximate surface area is 174 Å². The maximum Gasteiger partial charge on any atom is 0.230 e. The fourth-order valence-corrected chi connectivity index (χ4v) is 3.75. The molecule has 0 radical (unpaired) electrons. The van der Waals surface area contributed by atoms with Crippen LogP contribution in [0.4, 0.5) is 0 Å². The molecular formula is C22H36N4O3. The van der Waals surface area contributed by atoms with Crippen molar-refractivity contribution in [3.8, 4) is 11.5 Å². The molecule has 1 aliphatic carbocycles. The lowest BCUT2D eigenvalue weighted by Gasteiger charge is -2.29. The van der Waals surface area contributed by atoms with E-state index >= 15 is 0 Å². The molecule has 7 nitrogen and oxygen atoms in total. The van der Waals surface area contributed by atoms with Crippen LogP contribution >= 0.6 is 0 Å². The highest BCUT2D eigenvalue weighted by atomic mass is 16.5. The predicted octanol–water partition coefficient (Wildman–Crippen LogP) is 2.67. The van der Waals surface area contributed by atoms with Gasteiger partial charge in [-0.15, -0.1) is 0 Å². The SMILES string of the molecule is CCNC(=NCC1(C(=O)N(C)C)CCCC1)NCC(C)Oc1ccccc1OC. The molecule has 1 aromatic rings.